The number of rotatable bonds is 4. The molecule has 1 aliphatic rings. The van der Waals surface area contributed by atoms with Crippen LogP contribution in [0.25, 0.3) is 11.1 Å². The molecular formula is C18H20N4O. The Hall–Kier alpha value is -2.69. The van der Waals surface area contributed by atoms with Gasteiger partial charge in [-0.15, -0.1) is 0 Å². The van der Waals surface area contributed by atoms with Gasteiger partial charge in [-0.3, -0.25) is 9.79 Å². The van der Waals surface area contributed by atoms with Crippen LogP contribution in [-0.4, -0.2) is 31.2 Å². The summed E-state index contributed by atoms with van der Waals surface area (Å²) < 4.78 is 0. The lowest BCUT2D eigenvalue weighted by Crippen LogP contribution is -2.20. The largest absolute Gasteiger partial charge is 0.383 e. The van der Waals surface area contributed by atoms with Crippen molar-refractivity contribution in [2.75, 3.05) is 19.8 Å². The molecule has 1 aromatic heterocycles. The Balaban J connectivity index is 1.81. The first-order valence-electron chi connectivity index (χ1n) is 7.63. The van der Waals surface area contributed by atoms with Crippen molar-refractivity contribution < 1.29 is 4.79 Å². The fourth-order valence-electron chi connectivity index (χ4n) is 2.85. The van der Waals surface area contributed by atoms with Crippen LogP contribution < -0.4 is 11.1 Å². The molecule has 1 saturated carbocycles. The molecule has 0 spiro atoms. The Bertz CT molecular complexity index is 752. The number of hydrogen-bond acceptors (Lipinski definition) is 4. The van der Waals surface area contributed by atoms with Gasteiger partial charge in [-0.25, -0.2) is 4.98 Å². The molecule has 1 fully saturated rings. The standard InChI is InChI=1S/C18H20N4O/c1-20-9-14-7-13(10-22-17(14)19)11-3-5-12(6-4-11)15-8-16(15)18(23)21-2/h3-7,9-10,15-16H,8H2,1-2H3,(H2,19,22)(H,21,23)/t15-,16+/m1/s1. The summed E-state index contributed by atoms with van der Waals surface area (Å²) in [5, 5.41) is 2.72. The van der Waals surface area contributed by atoms with Crippen LogP contribution >= 0.6 is 0 Å². The van der Waals surface area contributed by atoms with E-state index in [0.29, 0.717) is 11.7 Å². The number of carbonyl (C=O) groups is 1. The summed E-state index contributed by atoms with van der Waals surface area (Å²) in [5.41, 5.74) is 9.94. The minimum Gasteiger partial charge on any atom is -0.383 e. The van der Waals surface area contributed by atoms with E-state index in [-0.39, 0.29) is 11.8 Å². The van der Waals surface area contributed by atoms with Gasteiger partial charge in [-0.1, -0.05) is 24.3 Å². The zero-order chi connectivity index (χ0) is 16.4. The first-order valence-corrected chi connectivity index (χ1v) is 7.63. The first kappa shape index (κ1) is 15.2. The molecule has 5 heteroatoms. The maximum absolute atomic E-state index is 11.6. The molecule has 3 rings (SSSR count). The molecule has 2 atom stereocenters. The molecule has 1 aromatic carbocycles. The summed E-state index contributed by atoms with van der Waals surface area (Å²) in [7, 11) is 3.39. The van der Waals surface area contributed by atoms with Crippen molar-refractivity contribution in [3.8, 4) is 11.1 Å². The maximum Gasteiger partial charge on any atom is 0.223 e. The minimum atomic E-state index is 0.122. The van der Waals surface area contributed by atoms with E-state index in [4.69, 9.17) is 5.73 Å². The molecule has 1 heterocycles. The smallest absolute Gasteiger partial charge is 0.223 e. The molecule has 0 bridgehead atoms. The number of amides is 1. The Kier molecular flexibility index (Phi) is 4.10. The highest BCUT2D eigenvalue weighted by molar-refractivity contribution is 5.87. The van der Waals surface area contributed by atoms with Gasteiger partial charge in [0, 0.05) is 43.6 Å². The van der Waals surface area contributed by atoms with Crippen LogP contribution in [0.2, 0.25) is 0 Å². The zero-order valence-corrected chi connectivity index (χ0v) is 13.3. The predicted octanol–water partition coefficient (Wildman–Crippen LogP) is 2.23. The van der Waals surface area contributed by atoms with E-state index < -0.39 is 0 Å². The highest BCUT2D eigenvalue weighted by atomic mass is 16.1. The highest BCUT2D eigenvalue weighted by Gasteiger charge is 2.43. The lowest BCUT2D eigenvalue weighted by molar-refractivity contribution is -0.121. The number of nitrogens with one attached hydrogen (secondary N) is 1. The number of nitrogens with zero attached hydrogens (tertiary/aromatic N) is 2. The van der Waals surface area contributed by atoms with E-state index in [1.807, 2.05) is 6.07 Å². The molecule has 0 unspecified atom stereocenters. The van der Waals surface area contributed by atoms with E-state index in [1.165, 1.54) is 5.56 Å². The third-order valence-electron chi connectivity index (χ3n) is 4.26. The van der Waals surface area contributed by atoms with E-state index in [2.05, 4.69) is 39.6 Å². The lowest BCUT2D eigenvalue weighted by Gasteiger charge is -2.06. The number of aliphatic imine (C=N–C) groups is 1. The van der Waals surface area contributed by atoms with E-state index >= 15 is 0 Å². The van der Waals surface area contributed by atoms with Crippen LogP contribution in [0, 0.1) is 5.92 Å². The number of benzene rings is 1. The fourth-order valence-corrected chi connectivity index (χ4v) is 2.85. The van der Waals surface area contributed by atoms with Crippen molar-refractivity contribution in [3.63, 3.8) is 0 Å². The van der Waals surface area contributed by atoms with Crippen molar-refractivity contribution in [3.05, 3.63) is 47.7 Å². The minimum absolute atomic E-state index is 0.122. The van der Waals surface area contributed by atoms with Crippen molar-refractivity contribution in [2.45, 2.75) is 12.3 Å². The van der Waals surface area contributed by atoms with Crippen LogP contribution in [0.3, 0.4) is 0 Å². The molecular weight excluding hydrogens is 288 g/mol. The average Bonchev–Trinajstić information content (AvgIpc) is 3.37. The molecule has 3 N–H and O–H groups in total. The second kappa shape index (κ2) is 6.20. The molecule has 23 heavy (non-hydrogen) atoms. The summed E-state index contributed by atoms with van der Waals surface area (Å²) in [4.78, 5) is 19.9. The number of aromatic nitrogens is 1. The van der Waals surface area contributed by atoms with E-state index in [1.54, 1.807) is 26.5 Å². The van der Waals surface area contributed by atoms with Gasteiger partial charge >= 0.3 is 0 Å². The number of nitrogen functional groups attached to an aromatic ring is 1. The second-order valence-corrected chi connectivity index (χ2v) is 5.77. The third-order valence-corrected chi connectivity index (χ3v) is 4.26. The Labute approximate surface area is 135 Å². The SMILES string of the molecule is CN=Cc1cc(-c2ccc([C@H]3C[C@@H]3C(=O)NC)cc2)cnc1N. The topological polar surface area (TPSA) is 80.4 Å². The summed E-state index contributed by atoms with van der Waals surface area (Å²) in [5.74, 6) is 1.07. The highest BCUT2D eigenvalue weighted by Crippen LogP contribution is 2.47. The number of anilines is 1. The second-order valence-electron chi connectivity index (χ2n) is 5.77. The van der Waals surface area contributed by atoms with Crippen molar-refractivity contribution in [2.24, 2.45) is 10.9 Å². The van der Waals surface area contributed by atoms with Gasteiger partial charge in [0.25, 0.3) is 0 Å². The van der Waals surface area contributed by atoms with Gasteiger partial charge in [0.2, 0.25) is 5.91 Å². The Morgan fingerprint density at radius 1 is 1.35 bits per heavy atom. The van der Waals surface area contributed by atoms with Gasteiger partial charge in [-0.2, -0.15) is 0 Å². The number of hydrogen-bond donors (Lipinski definition) is 2. The van der Waals surface area contributed by atoms with Crippen LogP contribution in [0.4, 0.5) is 5.82 Å². The first-order chi connectivity index (χ1) is 11.1. The Morgan fingerprint density at radius 2 is 2.09 bits per heavy atom. The normalized spacial score (nSPS) is 19.7. The summed E-state index contributed by atoms with van der Waals surface area (Å²) in [6.45, 7) is 0. The summed E-state index contributed by atoms with van der Waals surface area (Å²) >= 11 is 0. The van der Waals surface area contributed by atoms with Crippen LogP contribution in [-0.2, 0) is 4.79 Å². The summed E-state index contributed by atoms with van der Waals surface area (Å²) in [6.07, 6.45) is 4.40. The van der Waals surface area contributed by atoms with Gasteiger partial charge < -0.3 is 11.1 Å². The predicted molar refractivity (Wildman–Crippen MR) is 92.5 cm³/mol. The maximum atomic E-state index is 11.6. The van der Waals surface area contributed by atoms with E-state index in [0.717, 1.165) is 23.1 Å². The van der Waals surface area contributed by atoms with E-state index in [9.17, 15) is 4.79 Å². The third kappa shape index (κ3) is 3.08. The van der Waals surface area contributed by atoms with Gasteiger partial charge in [0.1, 0.15) is 5.82 Å². The summed E-state index contributed by atoms with van der Waals surface area (Å²) in [6, 6.07) is 10.3. The van der Waals surface area contributed by atoms with Crippen LogP contribution in [0.5, 0.6) is 0 Å². The molecule has 118 valence electrons. The van der Waals surface area contributed by atoms with Crippen molar-refractivity contribution in [1.82, 2.24) is 10.3 Å². The average molecular weight is 308 g/mol. The van der Waals surface area contributed by atoms with Crippen LogP contribution in [0.1, 0.15) is 23.5 Å². The van der Waals surface area contributed by atoms with Crippen molar-refractivity contribution >= 4 is 17.9 Å². The number of carbonyl (C=O) groups excluding carboxylic acids is 1. The number of nitrogens with two attached hydrogens (primary N) is 1. The lowest BCUT2D eigenvalue weighted by atomic mass is 10.0. The fraction of sp³-hybridized carbons (Fsp3) is 0.278. The quantitative estimate of drug-likeness (QED) is 0.850. The van der Waals surface area contributed by atoms with Gasteiger partial charge in [0.15, 0.2) is 0 Å². The molecule has 0 saturated heterocycles. The molecule has 0 aliphatic heterocycles. The zero-order valence-electron chi connectivity index (χ0n) is 13.3. The molecule has 1 aliphatic carbocycles. The van der Waals surface area contributed by atoms with Gasteiger partial charge in [0.05, 0.1) is 0 Å². The Morgan fingerprint density at radius 3 is 2.74 bits per heavy atom. The molecule has 1 amide bonds. The van der Waals surface area contributed by atoms with Crippen LogP contribution in [0.15, 0.2) is 41.5 Å². The molecule has 2 aromatic rings. The molecule has 0 radical (unpaired) electrons. The van der Waals surface area contributed by atoms with Gasteiger partial charge in [-0.05, 0) is 29.5 Å². The monoisotopic (exact) mass is 308 g/mol. The molecule has 5 nitrogen and oxygen atoms in total. The number of pyridine rings is 1. The van der Waals surface area contributed by atoms with Crippen molar-refractivity contribution in [1.29, 1.82) is 0 Å².